The molecule has 1 fully saturated rings. The highest BCUT2D eigenvalue weighted by Crippen LogP contribution is 2.37. The molecular formula is C24H28N4O5S. The average molecular weight is 485 g/mol. The van der Waals surface area contributed by atoms with Crippen molar-refractivity contribution in [1.29, 1.82) is 0 Å². The number of carbonyl (C=O) groups excluding carboxylic acids is 2. The summed E-state index contributed by atoms with van der Waals surface area (Å²) in [5, 5.41) is 26.4. The third-order valence-corrected chi connectivity index (χ3v) is 7.26. The Bertz CT molecular complexity index is 1190. The van der Waals surface area contributed by atoms with E-state index >= 15 is 0 Å². The van der Waals surface area contributed by atoms with Gasteiger partial charge in [0.1, 0.15) is 11.5 Å². The minimum absolute atomic E-state index is 0.0235. The maximum atomic E-state index is 13.6. The number of carbonyl (C=O) groups is 2. The van der Waals surface area contributed by atoms with Crippen molar-refractivity contribution >= 4 is 28.8 Å². The Hall–Kier alpha value is -3.24. The van der Waals surface area contributed by atoms with Crippen molar-refractivity contribution in [2.75, 3.05) is 11.9 Å². The van der Waals surface area contributed by atoms with Gasteiger partial charge in [-0.15, -0.1) is 11.3 Å². The second-order valence-electron chi connectivity index (χ2n) is 9.19. The van der Waals surface area contributed by atoms with Crippen LogP contribution < -0.4 is 5.32 Å². The van der Waals surface area contributed by atoms with Gasteiger partial charge in [-0.1, -0.05) is 26.0 Å². The van der Waals surface area contributed by atoms with Crippen LogP contribution in [-0.4, -0.2) is 55.3 Å². The summed E-state index contributed by atoms with van der Waals surface area (Å²) in [7, 11) is 0. The SMILES string of the molecule is Cc1ncsc1-c1ccc(NC(=O)[C@]2(C)C[C@@H](O)CN2C(=O)C(c2cc(O)no2)C(C)C)cc1. The van der Waals surface area contributed by atoms with Crippen molar-refractivity contribution in [2.45, 2.75) is 51.7 Å². The summed E-state index contributed by atoms with van der Waals surface area (Å²) in [6, 6.07) is 8.74. The van der Waals surface area contributed by atoms with E-state index in [1.54, 1.807) is 23.8 Å². The standard InChI is InChI=1S/C24H28N4O5S/c1-13(2)20(18-9-19(30)27-33-18)22(31)28-11-17(29)10-24(28,4)23(32)26-16-7-5-15(6-8-16)21-14(3)25-12-34-21/h5-9,12-13,17,20,29H,10-11H2,1-4H3,(H,26,32)(H,27,30)/t17-,20?,24+/m1/s1. The van der Waals surface area contributed by atoms with Crippen molar-refractivity contribution in [3.8, 4) is 16.3 Å². The number of β-amino-alcohol motifs (C(OH)–C–C–N with tert-alkyl or cyclic N) is 1. The van der Waals surface area contributed by atoms with E-state index in [0.29, 0.717) is 5.69 Å². The molecule has 1 unspecified atom stereocenters. The molecule has 2 amide bonds. The molecule has 0 saturated carbocycles. The number of aliphatic hydroxyl groups excluding tert-OH is 1. The normalized spacial score (nSPS) is 21.1. The van der Waals surface area contributed by atoms with Crippen molar-refractivity contribution in [2.24, 2.45) is 5.92 Å². The molecule has 0 aliphatic carbocycles. The summed E-state index contributed by atoms with van der Waals surface area (Å²) in [6.45, 7) is 7.32. The second-order valence-corrected chi connectivity index (χ2v) is 10.0. The monoisotopic (exact) mass is 484 g/mol. The van der Waals surface area contributed by atoms with Gasteiger partial charge in [0.25, 0.3) is 5.88 Å². The zero-order chi connectivity index (χ0) is 24.6. The second kappa shape index (κ2) is 9.19. The van der Waals surface area contributed by atoms with Gasteiger partial charge in [0.2, 0.25) is 11.8 Å². The van der Waals surface area contributed by atoms with Gasteiger partial charge in [-0.25, -0.2) is 4.98 Å². The lowest BCUT2D eigenvalue weighted by Gasteiger charge is -2.36. The Morgan fingerprint density at radius 3 is 2.56 bits per heavy atom. The number of hydrogen-bond acceptors (Lipinski definition) is 8. The smallest absolute Gasteiger partial charge is 0.251 e. The quantitative estimate of drug-likeness (QED) is 0.488. The van der Waals surface area contributed by atoms with Crippen LogP contribution in [0.25, 0.3) is 10.4 Å². The van der Waals surface area contributed by atoms with E-state index in [4.69, 9.17) is 4.52 Å². The van der Waals surface area contributed by atoms with Gasteiger partial charge >= 0.3 is 0 Å². The number of nitrogens with one attached hydrogen (secondary N) is 1. The average Bonchev–Trinajstić information content (AvgIpc) is 3.47. The summed E-state index contributed by atoms with van der Waals surface area (Å²) in [5.74, 6) is -1.79. The van der Waals surface area contributed by atoms with E-state index in [1.807, 2.05) is 45.0 Å². The van der Waals surface area contributed by atoms with E-state index in [0.717, 1.165) is 16.1 Å². The molecule has 3 N–H and O–H groups in total. The minimum atomic E-state index is -1.27. The van der Waals surface area contributed by atoms with Crippen LogP contribution in [0.5, 0.6) is 5.88 Å². The molecular weight excluding hydrogens is 456 g/mol. The van der Waals surface area contributed by atoms with Crippen LogP contribution in [0.15, 0.2) is 40.4 Å². The molecule has 3 heterocycles. The van der Waals surface area contributed by atoms with E-state index in [1.165, 1.54) is 11.0 Å². The minimum Gasteiger partial charge on any atom is -0.491 e. The predicted molar refractivity (Wildman–Crippen MR) is 127 cm³/mol. The molecule has 3 aromatic rings. The highest BCUT2D eigenvalue weighted by molar-refractivity contribution is 7.13. The zero-order valence-corrected chi connectivity index (χ0v) is 20.3. The fourth-order valence-corrected chi connectivity index (χ4v) is 5.28. The summed E-state index contributed by atoms with van der Waals surface area (Å²) in [4.78, 5) is 33.7. The molecule has 1 saturated heterocycles. The summed E-state index contributed by atoms with van der Waals surface area (Å²) in [6.07, 6.45) is -0.734. The maximum absolute atomic E-state index is 13.6. The number of aromatic nitrogens is 2. The fraction of sp³-hybridized carbons (Fsp3) is 0.417. The molecule has 1 aliphatic heterocycles. The number of likely N-dealkylation sites (tertiary alicyclic amines) is 1. The third-order valence-electron chi connectivity index (χ3n) is 6.28. The topological polar surface area (TPSA) is 129 Å². The van der Waals surface area contributed by atoms with Gasteiger partial charge in [0, 0.05) is 24.7 Å². The van der Waals surface area contributed by atoms with Crippen molar-refractivity contribution < 1.29 is 24.3 Å². The number of aryl methyl sites for hydroxylation is 1. The van der Waals surface area contributed by atoms with Gasteiger partial charge in [-0.05, 0) is 42.6 Å². The summed E-state index contributed by atoms with van der Waals surface area (Å²) in [5.41, 5.74) is 3.07. The first-order chi connectivity index (χ1) is 16.1. The van der Waals surface area contributed by atoms with Gasteiger partial charge in [0.15, 0.2) is 5.76 Å². The lowest BCUT2D eigenvalue weighted by Crippen LogP contribution is -2.54. The van der Waals surface area contributed by atoms with Crippen LogP contribution in [0.2, 0.25) is 0 Å². The van der Waals surface area contributed by atoms with Crippen LogP contribution in [0.1, 0.15) is 44.6 Å². The molecule has 4 rings (SSSR count). The van der Waals surface area contributed by atoms with E-state index in [2.05, 4.69) is 15.5 Å². The summed E-state index contributed by atoms with van der Waals surface area (Å²) < 4.78 is 5.16. The number of aromatic hydroxyl groups is 1. The Morgan fingerprint density at radius 2 is 2.00 bits per heavy atom. The van der Waals surface area contributed by atoms with Crippen LogP contribution in [0.4, 0.5) is 5.69 Å². The number of rotatable bonds is 6. The number of anilines is 1. The Labute approximate surface area is 201 Å². The Morgan fingerprint density at radius 1 is 1.29 bits per heavy atom. The number of thiazole rings is 1. The fourth-order valence-electron chi connectivity index (χ4n) is 4.47. The van der Waals surface area contributed by atoms with Crippen LogP contribution in [-0.2, 0) is 9.59 Å². The van der Waals surface area contributed by atoms with Crippen LogP contribution in [0, 0.1) is 12.8 Å². The molecule has 1 aromatic carbocycles. The van der Waals surface area contributed by atoms with Crippen LogP contribution in [0.3, 0.4) is 0 Å². The van der Waals surface area contributed by atoms with Gasteiger partial charge in [0.05, 0.1) is 22.2 Å². The molecule has 0 spiro atoms. The highest BCUT2D eigenvalue weighted by Gasteiger charge is 2.51. The molecule has 180 valence electrons. The molecule has 1 aliphatic rings. The van der Waals surface area contributed by atoms with E-state index in [9.17, 15) is 19.8 Å². The first-order valence-corrected chi connectivity index (χ1v) is 11.9. The first kappa shape index (κ1) is 23.9. The zero-order valence-electron chi connectivity index (χ0n) is 19.5. The Kier molecular flexibility index (Phi) is 6.46. The maximum Gasteiger partial charge on any atom is 0.251 e. The predicted octanol–water partition coefficient (Wildman–Crippen LogP) is 3.54. The van der Waals surface area contributed by atoms with Gasteiger partial charge in [-0.2, -0.15) is 0 Å². The van der Waals surface area contributed by atoms with Gasteiger partial charge < -0.3 is 25.0 Å². The molecule has 0 radical (unpaired) electrons. The number of hydrogen-bond donors (Lipinski definition) is 3. The summed E-state index contributed by atoms with van der Waals surface area (Å²) >= 11 is 1.55. The van der Waals surface area contributed by atoms with E-state index < -0.39 is 17.6 Å². The van der Waals surface area contributed by atoms with Gasteiger partial charge in [-0.3, -0.25) is 9.59 Å². The molecule has 9 nitrogen and oxygen atoms in total. The molecule has 3 atom stereocenters. The molecule has 34 heavy (non-hydrogen) atoms. The highest BCUT2D eigenvalue weighted by atomic mass is 32.1. The first-order valence-electron chi connectivity index (χ1n) is 11.1. The largest absolute Gasteiger partial charge is 0.491 e. The number of nitrogens with zero attached hydrogens (tertiary/aromatic N) is 3. The van der Waals surface area contributed by atoms with Crippen molar-refractivity contribution in [3.63, 3.8) is 0 Å². The van der Waals surface area contributed by atoms with E-state index in [-0.39, 0.29) is 42.3 Å². The number of aliphatic hydroxyl groups is 1. The van der Waals surface area contributed by atoms with Crippen molar-refractivity contribution in [1.82, 2.24) is 15.0 Å². The third kappa shape index (κ3) is 4.43. The molecule has 2 aromatic heterocycles. The lowest BCUT2D eigenvalue weighted by atomic mass is 9.89. The molecule has 0 bridgehead atoms. The molecule has 10 heteroatoms. The Balaban J connectivity index is 1.56. The lowest BCUT2D eigenvalue weighted by molar-refractivity contribution is -0.144. The van der Waals surface area contributed by atoms with Crippen molar-refractivity contribution in [3.05, 3.63) is 47.3 Å². The van der Waals surface area contributed by atoms with Crippen LogP contribution >= 0.6 is 11.3 Å². The number of amides is 2. The number of benzene rings is 1.